The van der Waals surface area contributed by atoms with E-state index < -0.39 is 0 Å². The fourth-order valence-electron chi connectivity index (χ4n) is 2.71. The van der Waals surface area contributed by atoms with Crippen molar-refractivity contribution >= 4 is 23.2 Å². The highest BCUT2D eigenvalue weighted by Crippen LogP contribution is 2.20. The van der Waals surface area contributed by atoms with Gasteiger partial charge in [-0.1, -0.05) is 24.3 Å². The number of amides is 2. The van der Waals surface area contributed by atoms with Crippen LogP contribution >= 0.6 is 0 Å². The van der Waals surface area contributed by atoms with E-state index in [9.17, 15) is 9.59 Å². The van der Waals surface area contributed by atoms with Gasteiger partial charge in [-0.15, -0.1) is 0 Å². The molecule has 6 nitrogen and oxygen atoms in total. The van der Waals surface area contributed by atoms with Crippen LogP contribution in [0.1, 0.15) is 22.3 Å². The van der Waals surface area contributed by atoms with Gasteiger partial charge in [-0.25, -0.2) is 0 Å². The number of carbonyl (C=O) groups is 2. The van der Waals surface area contributed by atoms with Crippen molar-refractivity contribution < 1.29 is 14.3 Å². The van der Waals surface area contributed by atoms with Crippen LogP contribution in [0.25, 0.3) is 0 Å². The van der Waals surface area contributed by atoms with E-state index in [0.717, 1.165) is 5.56 Å². The zero-order valence-corrected chi connectivity index (χ0v) is 15.5. The van der Waals surface area contributed by atoms with E-state index in [1.165, 1.54) is 0 Å². The summed E-state index contributed by atoms with van der Waals surface area (Å²) < 4.78 is 5.17. The Morgan fingerprint density at radius 3 is 2.64 bits per heavy atom. The molecule has 2 amide bonds. The second-order valence-corrected chi connectivity index (χ2v) is 6.14. The third kappa shape index (κ3) is 5.17. The summed E-state index contributed by atoms with van der Waals surface area (Å²) in [6.45, 7) is 0. The maximum absolute atomic E-state index is 12.7. The number of pyridine rings is 1. The van der Waals surface area contributed by atoms with Crippen LogP contribution in [0.15, 0.2) is 73.1 Å². The largest absolute Gasteiger partial charge is 0.497 e. The molecule has 0 aliphatic heterocycles. The van der Waals surface area contributed by atoms with Crippen molar-refractivity contribution in [1.29, 1.82) is 0 Å². The summed E-state index contributed by atoms with van der Waals surface area (Å²) in [5.41, 5.74) is 2.46. The Morgan fingerprint density at radius 1 is 1.00 bits per heavy atom. The fourth-order valence-corrected chi connectivity index (χ4v) is 2.71. The number of carbonyl (C=O) groups excluding carboxylic acids is 2. The Labute approximate surface area is 163 Å². The van der Waals surface area contributed by atoms with Gasteiger partial charge in [0, 0.05) is 30.6 Å². The molecule has 2 N–H and O–H groups in total. The first-order chi connectivity index (χ1) is 13.7. The molecule has 3 aromatic rings. The van der Waals surface area contributed by atoms with Crippen molar-refractivity contribution in [3.8, 4) is 5.75 Å². The third-order valence-corrected chi connectivity index (χ3v) is 4.14. The summed E-state index contributed by atoms with van der Waals surface area (Å²) in [7, 11) is 1.57. The Bertz CT molecular complexity index is 958. The predicted molar refractivity (Wildman–Crippen MR) is 109 cm³/mol. The van der Waals surface area contributed by atoms with Crippen LogP contribution < -0.4 is 15.4 Å². The van der Waals surface area contributed by atoms with Crippen molar-refractivity contribution in [2.45, 2.75) is 12.8 Å². The third-order valence-electron chi connectivity index (χ3n) is 4.14. The molecule has 0 bridgehead atoms. The van der Waals surface area contributed by atoms with E-state index in [0.29, 0.717) is 35.5 Å². The van der Waals surface area contributed by atoms with Crippen LogP contribution in [0.2, 0.25) is 0 Å². The molecular formula is C22H21N3O3. The molecule has 0 spiro atoms. The number of hydrogen-bond acceptors (Lipinski definition) is 4. The van der Waals surface area contributed by atoms with Crippen LogP contribution in [-0.2, 0) is 11.2 Å². The number of anilines is 2. The molecule has 1 heterocycles. The second kappa shape index (κ2) is 9.32. The topological polar surface area (TPSA) is 80.3 Å². The Kier molecular flexibility index (Phi) is 6.36. The number of aromatic nitrogens is 1. The molecular weight excluding hydrogens is 354 g/mol. The number of hydrogen-bond donors (Lipinski definition) is 2. The van der Waals surface area contributed by atoms with Gasteiger partial charge in [-0.05, 0) is 42.3 Å². The number of para-hydroxylation sites is 1. The van der Waals surface area contributed by atoms with Crippen molar-refractivity contribution in [3.63, 3.8) is 0 Å². The van der Waals surface area contributed by atoms with Crippen molar-refractivity contribution in [2.75, 3.05) is 17.7 Å². The standard InChI is InChI=1S/C22H21N3O3/c1-28-18-8-4-7-17(14-18)24-22(27)19-9-2-3-10-20(19)25-21(26)12-11-16-6-5-13-23-15-16/h2-10,13-15H,11-12H2,1H3,(H,24,27)(H,25,26). The number of benzene rings is 2. The van der Waals surface area contributed by atoms with Gasteiger partial charge >= 0.3 is 0 Å². The van der Waals surface area contributed by atoms with E-state index in [1.54, 1.807) is 68.0 Å². The normalized spacial score (nSPS) is 10.2. The van der Waals surface area contributed by atoms with E-state index in [-0.39, 0.29) is 11.8 Å². The van der Waals surface area contributed by atoms with Crippen LogP contribution in [-0.4, -0.2) is 23.9 Å². The minimum Gasteiger partial charge on any atom is -0.497 e. The van der Waals surface area contributed by atoms with Crippen LogP contribution in [0, 0.1) is 0 Å². The lowest BCUT2D eigenvalue weighted by molar-refractivity contribution is -0.116. The summed E-state index contributed by atoms with van der Waals surface area (Å²) in [5.74, 6) is 0.177. The molecule has 3 rings (SSSR count). The molecule has 1 aromatic heterocycles. The highest BCUT2D eigenvalue weighted by Gasteiger charge is 2.13. The van der Waals surface area contributed by atoms with E-state index in [4.69, 9.17) is 4.74 Å². The lowest BCUT2D eigenvalue weighted by Gasteiger charge is -2.12. The van der Waals surface area contributed by atoms with Gasteiger partial charge in [-0.3, -0.25) is 14.6 Å². The Hall–Kier alpha value is -3.67. The molecule has 0 aliphatic carbocycles. The van der Waals surface area contributed by atoms with Crippen molar-refractivity contribution in [3.05, 3.63) is 84.2 Å². The SMILES string of the molecule is COc1cccc(NC(=O)c2ccccc2NC(=O)CCc2cccnc2)c1. The van der Waals surface area contributed by atoms with E-state index in [1.807, 2.05) is 12.1 Å². The van der Waals surface area contributed by atoms with Gasteiger partial charge < -0.3 is 15.4 Å². The molecule has 28 heavy (non-hydrogen) atoms. The van der Waals surface area contributed by atoms with Gasteiger partial charge in [0.25, 0.3) is 5.91 Å². The van der Waals surface area contributed by atoms with Crippen molar-refractivity contribution in [2.24, 2.45) is 0 Å². The molecule has 142 valence electrons. The number of rotatable bonds is 7. The first-order valence-corrected chi connectivity index (χ1v) is 8.89. The number of nitrogens with zero attached hydrogens (tertiary/aromatic N) is 1. The average molecular weight is 375 g/mol. The van der Waals surface area contributed by atoms with Crippen LogP contribution in [0.5, 0.6) is 5.75 Å². The van der Waals surface area contributed by atoms with E-state index in [2.05, 4.69) is 15.6 Å². The molecule has 0 saturated carbocycles. The zero-order chi connectivity index (χ0) is 19.8. The van der Waals surface area contributed by atoms with Crippen molar-refractivity contribution in [1.82, 2.24) is 4.98 Å². The molecule has 2 aromatic carbocycles. The molecule has 6 heteroatoms. The molecule has 0 aliphatic rings. The second-order valence-electron chi connectivity index (χ2n) is 6.14. The Morgan fingerprint density at radius 2 is 1.86 bits per heavy atom. The fraction of sp³-hybridized carbons (Fsp3) is 0.136. The molecule has 0 atom stereocenters. The van der Waals surface area contributed by atoms with Gasteiger partial charge in [0.1, 0.15) is 5.75 Å². The van der Waals surface area contributed by atoms with Gasteiger partial charge in [0.15, 0.2) is 0 Å². The maximum Gasteiger partial charge on any atom is 0.257 e. The predicted octanol–water partition coefficient (Wildman–Crippen LogP) is 3.91. The molecule has 0 saturated heterocycles. The number of nitrogens with one attached hydrogen (secondary N) is 2. The smallest absolute Gasteiger partial charge is 0.257 e. The lowest BCUT2D eigenvalue weighted by atomic mass is 10.1. The van der Waals surface area contributed by atoms with Crippen LogP contribution in [0.3, 0.4) is 0 Å². The molecule has 0 fully saturated rings. The summed E-state index contributed by atoms with van der Waals surface area (Å²) in [5, 5.41) is 5.65. The summed E-state index contributed by atoms with van der Waals surface area (Å²) in [6.07, 6.45) is 4.32. The molecule has 0 radical (unpaired) electrons. The zero-order valence-electron chi connectivity index (χ0n) is 15.5. The first kappa shape index (κ1) is 19.1. The highest BCUT2D eigenvalue weighted by molar-refractivity contribution is 6.10. The highest BCUT2D eigenvalue weighted by atomic mass is 16.5. The monoisotopic (exact) mass is 375 g/mol. The maximum atomic E-state index is 12.7. The number of aryl methyl sites for hydroxylation is 1. The lowest BCUT2D eigenvalue weighted by Crippen LogP contribution is -2.18. The summed E-state index contributed by atoms with van der Waals surface area (Å²) in [6, 6.07) is 17.8. The molecule has 0 unspecified atom stereocenters. The summed E-state index contributed by atoms with van der Waals surface area (Å²) >= 11 is 0. The van der Waals surface area contributed by atoms with Gasteiger partial charge in [0.2, 0.25) is 5.91 Å². The summed E-state index contributed by atoms with van der Waals surface area (Å²) in [4.78, 5) is 29.0. The number of methoxy groups -OCH3 is 1. The van der Waals surface area contributed by atoms with Gasteiger partial charge in [0.05, 0.1) is 18.4 Å². The Balaban J connectivity index is 1.66. The van der Waals surface area contributed by atoms with E-state index >= 15 is 0 Å². The minimum absolute atomic E-state index is 0.162. The van der Waals surface area contributed by atoms with Gasteiger partial charge in [-0.2, -0.15) is 0 Å². The number of ether oxygens (including phenoxy) is 1. The minimum atomic E-state index is -0.309. The van der Waals surface area contributed by atoms with Crippen LogP contribution in [0.4, 0.5) is 11.4 Å². The first-order valence-electron chi connectivity index (χ1n) is 8.89. The average Bonchev–Trinajstić information content (AvgIpc) is 2.73. The quantitative estimate of drug-likeness (QED) is 0.656.